The lowest BCUT2D eigenvalue weighted by molar-refractivity contribution is -0.194. The van der Waals surface area contributed by atoms with Crippen molar-refractivity contribution in [2.45, 2.75) is 57.5 Å². The van der Waals surface area contributed by atoms with Crippen LogP contribution in [0.1, 0.15) is 50.7 Å². The highest BCUT2D eigenvalue weighted by Crippen LogP contribution is 2.68. The molecule has 0 amide bonds. The normalized spacial score (nSPS) is 50.5. The largest absolute Gasteiger partial charge is 0.472 e. The lowest BCUT2D eigenvalue weighted by atomic mass is 9.43. The van der Waals surface area contributed by atoms with E-state index in [1.54, 1.807) is 12.5 Å². The summed E-state index contributed by atoms with van der Waals surface area (Å²) in [7, 11) is 0. The van der Waals surface area contributed by atoms with E-state index >= 15 is 0 Å². The summed E-state index contributed by atoms with van der Waals surface area (Å²) >= 11 is 0. The van der Waals surface area contributed by atoms with Gasteiger partial charge in [0.1, 0.15) is 6.10 Å². The van der Waals surface area contributed by atoms with Crippen molar-refractivity contribution in [2.24, 2.45) is 28.6 Å². The summed E-state index contributed by atoms with van der Waals surface area (Å²) < 4.78 is 16.7. The number of aliphatic hydroxyl groups excluding tert-OH is 2. The topological polar surface area (TPSA) is 89.1 Å². The molecule has 6 heteroatoms. The Kier molecular flexibility index (Phi) is 3.59. The van der Waals surface area contributed by atoms with Gasteiger partial charge >= 0.3 is 5.97 Å². The minimum atomic E-state index is -0.847. The van der Waals surface area contributed by atoms with Crippen LogP contribution < -0.4 is 0 Å². The number of rotatable bonds is 1. The van der Waals surface area contributed by atoms with E-state index in [0.29, 0.717) is 19.4 Å². The minimum Gasteiger partial charge on any atom is -0.472 e. The summed E-state index contributed by atoms with van der Waals surface area (Å²) in [6.45, 7) is 2.38. The fourth-order valence-electron chi connectivity index (χ4n) is 6.72. The van der Waals surface area contributed by atoms with Crippen LogP contribution in [0.3, 0.4) is 0 Å². The molecule has 8 atom stereocenters. The molecule has 2 aliphatic carbocycles. The maximum absolute atomic E-state index is 13.3. The Morgan fingerprint density at radius 1 is 1.27 bits per heavy atom. The molecule has 2 saturated heterocycles. The Hall–Kier alpha value is -1.37. The average Bonchev–Trinajstić information content (AvgIpc) is 3.33. The molecule has 2 aliphatic heterocycles. The van der Waals surface area contributed by atoms with Gasteiger partial charge in [-0.1, -0.05) is 13.3 Å². The lowest BCUT2D eigenvalue weighted by Crippen LogP contribution is -2.63. The van der Waals surface area contributed by atoms with Crippen LogP contribution in [0.2, 0.25) is 0 Å². The second-order valence-electron chi connectivity index (χ2n) is 8.75. The summed E-state index contributed by atoms with van der Waals surface area (Å²) in [5, 5.41) is 21.5. The van der Waals surface area contributed by atoms with Crippen molar-refractivity contribution in [2.75, 3.05) is 6.61 Å². The highest BCUT2D eigenvalue weighted by Gasteiger charge is 2.72. The van der Waals surface area contributed by atoms with Crippen LogP contribution in [0.4, 0.5) is 0 Å². The van der Waals surface area contributed by atoms with E-state index in [0.717, 1.165) is 24.8 Å². The van der Waals surface area contributed by atoms with Gasteiger partial charge in [-0.25, -0.2) is 0 Å². The van der Waals surface area contributed by atoms with E-state index < -0.39 is 23.2 Å². The Labute approximate surface area is 152 Å². The second kappa shape index (κ2) is 5.57. The number of esters is 1. The molecule has 6 nitrogen and oxygen atoms in total. The van der Waals surface area contributed by atoms with Gasteiger partial charge in [0.15, 0.2) is 6.29 Å². The molecule has 4 fully saturated rings. The molecule has 0 unspecified atom stereocenters. The van der Waals surface area contributed by atoms with Crippen molar-refractivity contribution in [3.63, 3.8) is 0 Å². The van der Waals surface area contributed by atoms with E-state index in [-0.39, 0.29) is 29.8 Å². The van der Waals surface area contributed by atoms with Gasteiger partial charge in [0, 0.05) is 23.3 Å². The Balaban J connectivity index is 1.59. The van der Waals surface area contributed by atoms with Crippen molar-refractivity contribution < 1.29 is 28.9 Å². The van der Waals surface area contributed by atoms with Gasteiger partial charge in [0.25, 0.3) is 0 Å². The third-order valence-electron chi connectivity index (χ3n) is 7.96. The van der Waals surface area contributed by atoms with Gasteiger partial charge in [-0.15, -0.1) is 0 Å². The van der Waals surface area contributed by atoms with Crippen LogP contribution in [-0.2, 0) is 14.3 Å². The third-order valence-corrected chi connectivity index (χ3v) is 7.96. The van der Waals surface area contributed by atoms with Crippen LogP contribution in [0, 0.1) is 28.6 Å². The zero-order chi connectivity index (χ0) is 18.1. The van der Waals surface area contributed by atoms with Crippen molar-refractivity contribution in [1.82, 2.24) is 0 Å². The number of ether oxygens (including phenoxy) is 2. The first-order valence-electron chi connectivity index (χ1n) is 9.71. The molecule has 2 N–H and O–H groups in total. The predicted octanol–water partition coefficient (Wildman–Crippen LogP) is 2.41. The Bertz CT molecular complexity index is 701. The molecule has 0 radical (unpaired) electrons. The summed E-state index contributed by atoms with van der Waals surface area (Å²) in [4.78, 5) is 13.3. The van der Waals surface area contributed by atoms with E-state index in [4.69, 9.17) is 13.9 Å². The molecule has 26 heavy (non-hydrogen) atoms. The van der Waals surface area contributed by atoms with Gasteiger partial charge in [0.2, 0.25) is 0 Å². The first kappa shape index (κ1) is 16.8. The first-order valence-corrected chi connectivity index (χ1v) is 9.71. The number of hydrogen-bond donors (Lipinski definition) is 2. The molecule has 0 bridgehead atoms. The number of fused-ring (bicyclic) bond motifs is 1. The average molecular weight is 362 g/mol. The minimum absolute atomic E-state index is 0.0222. The number of cyclic esters (lactones) is 1. The summed E-state index contributed by atoms with van der Waals surface area (Å²) in [5.74, 6) is -0.279. The first-order chi connectivity index (χ1) is 12.5. The molecule has 3 heterocycles. The third kappa shape index (κ3) is 1.90. The van der Waals surface area contributed by atoms with Crippen molar-refractivity contribution in [1.29, 1.82) is 0 Å². The van der Waals surface area contributed by atoms with Gasteiger partial charge in [-0.05, 0) is 37.2 Å². The number of hydrogen-bond acceptors (Lipinski definition) is 6. The second-order valence-corrected chi connectivity index (χ2v) is 8.75. The van der Waals surface area contributed by atoms with E-state index in [1.165, 1.54) is 0 Å². The zero-order valence-corrected chi connectivity index (χ0v) is 15.0. The highest BCUT2D eigenvalue weighted by atomic mass is 16.6. The molecule has 4 aliphatic rings. The smallest absolute Gasteiger partial charge is 0.313 e. The summed E-state index contributed by atoms with van der Waals surface area (Å²) in [5.41, 5.74) is -0.292. The molecule has 2 saturated carbocycles. The SMILES string of the molecule is C[C@@H]1C[C@@H](O)[C@@]23CO[C@@H](O)[C@@H]2CCC[C@@H]3[C@@]12C[C@H](c1ccoc1)OC2=O. The molecule has 2 spiro atoms. The Morgan fingerprint density at radius 2 is 2.12 bits per heavy atom. The predicted molar refractivity (Wildman–Crippen MR) is 89.6 cm³/mol. The number of carbonyl (C=O) groups excluding carboxylic acids is 1. The van der Waals surface area contributed by atoms with E-state index in [9.17, 15) is 15.0 Å². The van der Waals surface area contributed by atoms with Crippen molar-refractivity contribution in [3.8, 4) is 0 Å². The molecule has 142 valence electrons. The fourth-order valence-corrected chi connectivity index (χ4v) is 6.72. The maximum atomic E-state index is 13.3. The molecular weight excluding hydrogens is 336 g/mol. The van der Waals surface area contributed by atoms with Gasteiger partial charge in [-0.3, -0.25) is 4.79 Å². The van der Waals surface area contributed by atoms with Crippen LogP contribution in [0.15, 0.2) is 23.0 Å². The highest BCUT2D eigenvalue weighted by molar-refractivity contribution is 5.80. The van der Waals surface area contributed by atoms with Crippen LogP contribution >= 0.6 is 0 Å². The van der Waals surface area contributed by atoms with Crippen LogP contribution in [0.5, 0.6) is 0 Å². The monoisotopic (exact) mass is 362 g/mol. The Morgan fingerprint density at radius 3 is 2.88 bits per heavy atom. The van der Waals surface area contributed by atoms with E-state index in [1.807, 2.05) is 6.07 Å². The molecule has 1 aromatic heterocycles. The zero-order valence-electron chi connectivity index (χ0n) is 15.0. The molecule has 0 aromatic carbocycles. The number of aliphatic hydroxyl groups is 2. The quantitative estimate of drug-likeness (QED) is 0.746. The van der Waals surface area contributed by atoms with Crippen molar-refractivity contribution >= 4 is 5.97 Å². The van der Waals surface area contributed by atoms with Crippen molar-refractivity contribution in [3.05, 3.63) is 24.2 Å². The maximum Gasteiger partial charge on any atom is 0.313 e. The van der Waals surface area contributed by atoms with Gasteiger partial charge in [0.05, 0.1) is 30.7 Å². The van der Waals surface area contributed by atoms with Crippen LogP contribution in [-0.4, -0.2) is 35.2 Å². The van der Waals surface area contributed by atoms with Gasteiger partial charge in [-0.2, -0.15) is 0 Å². The van der Waals surface area contributed by atoms with Crippen LogP contribution in [0.25, 0.3) is 0 Å². The molecule has 1 aromatic rings. The molecule has 5 rings (SSSR count). The molecular formula is C20H26O6. The standard InChI is InChI=1S/C20H26O6/c1-11-7-16(21)20-10-25-17(22)13(20)3-2-4-15(20)19(11)8-14(26-18(19)23)12-5-6-24-9-12/h5-6,9,11,13-17,21-22H,2-4,7-8,10H2,1H3/t11-,13+,14-,15-,16-,17-,19-,20+/m1/s1. The van der Waals surface area contributed by atoms with Gasteiger partial charge < -0.3 is 24.1 Å². The number of carbonyl (C=O) groups is 1. The van der Waals surface area contributed by atoms with E-state index in [2.05, 4.69) is 6.92 Å². The number of furan rings is 1. The summed E-state index contributed by atoms with van der Waals surface area (Å²) in [6.07, 6.45) is 5.30. The lowest BCUT2D eigenvalue weighted by Gasteiger charge is -2.59. The summed E-state index contributed by atoms with van der Waals surface area (Å²) in [6, 6.07) is 1.85. The fraction of sp³-hybridized carbons (Fsp3) is 0.750.